The van der Waals surface area contributed by atoms with E-state index < -0.39 is 0 Å². The molecule has 2 rings (SSSR count). The number of hydrogen-bond acceptors (Lipinski definition) is 4. The maximum absolute atomic E-state index is 5.73. The van der Waals surface area contributed by atoms with Gasteiger partial charge in [-0.3, -0.25) is 0 Å². The van der Waals surface area contributed by atoms with Crippen LogP contribution in [0.25, 0.3) is 0 Å². The molecule has 1 heterocycles. The predicted molar refractivity (Wildman–Crippen MR) is 85.0 cm³/mol. The van der Waals surface area contributed by atoms with Crippen molar-refractivity contribution in [1.29, 1.82) is 0 Å². The van der Waals surface area contributed by atoms with Crippen molar-refractivity contribution in [3.63, 3.8) is 0 Å². The molecule has 1 unspecified atom stereocenters. The van der Waals surface area contributed by atoms with Crippen molar-refractivity contribution in [2.24, 2.45) is 0 Å². The molecule has 1 aromatic heterocycles. The van der Waals surface area contributed by atoms with Gasteiger partial charge in [-0.05, 0) is 50.6 Å². The van der Waals surface area contributed by atoms with Crippen molar-refractivity contribution < 1.29 is 9.47 Å². The molecule has 4 nitrogen and oxygen atoms in total. The minimum absolute atomic E-state index is 0.0903. The molecule has 1 atom stereocenters. The summed E-state index contributed by atoms with van der Waals surface area (Å²) in [4.78, 5) is 4.29. The predicted octanol–water partition coefficient (Wildman–Crippen LogP) is 4.05. The van der Waals surface area contributed by atoms with E-state index in [9.17, 15) is 0 Å². The van der Waals surface area contributed by atoms with Crippen molar-refractivity contribution in [1.82, 2.24) is 4.98 Å². The first-order chi connectivity index (χ1) is 10.1. The van der Waals surface area contributed by atoms with E-state index in [1.54, 1.807) is 13.3 Å². The number of nitrogens with zero attached hydrogens (tertiary/aromatic N) is 1. The Kier molecular flexibility index (Phi) is 5.04. The summed E-state index contributed by atoms with van der Waals surface area (Å²) < 4.78 is 11.0. The summed E-state index contributed by atoms with van der Waals surface area (Å²) in [7, 11) is 1.67. The average Bonchev–Trinajstić information content (AvgIpc) is 2.48. The molecular formula is C17H22N2O2. The lowest BCUT2D eigenvalue weighted by Gasteiger charge is -2.19. The smallest absolute Gasteiger partial charge is 0.237 e. The van der Waals surface area contributed by atoms with Crippen LogP contribution in [0.15, 0.2) is 42.6 Å². The molecule has 1 N–H and O–H groups in total. The molecular weight excluding hydrogens is 264 g/mol. The van der Waals surface area contributed by atoms with Crippen molar-refractivity contribution in [2.75, 3.05) is 12.4 Å². The van der Waals surface area contributed by atoms with Crippen molar-refractivity contribution >= 4 is 5.69 Å². The lowest BCUT2D eigenvalue weighted by atomic mass is 10.1. The van der Waals surface area contributed by atoms with Crippen LogP contribution in [-0.4, -0.2) is 18.2 Å². The highest BCUT2D eigenvalue weighted by Crippen LogP contribution is 2.27. The molecule has 0 amide bonds. The highest BCUT2D eigenvalue weighted by atomic mass is 16.5. The number of hydrogen-bond donors (Lipinski definition) is 1. The summed E-state index contributed by atoms with van der Waals surface area (Å²) in [6, 6.07) is 12.0. The number of methoxy groups -OCH3 is 1. The summed E-state index contributed by atoms with van der Waals surface area (Å²) in [5, 5.41) is 3.44. The summed E-state index contributed by atoms with van der Waals surface area (Å²) in [6.45, 7) is 6.08. The molecule has 0 saturated heterocycles. The average molecular weight is 286 g/mol. The Morgan fingerprint density at radius 3 is 2.62 bits per heavy atom. The monoisotopic (exact) mass is 286 g/mol. The van der Waals surface area contributed by atoms with E-state index in [2.05, 4.69) is 23.3 Å². The fraction of sp³-hybridized carbons (Fsp3) is 0.353. The Balaban J connectivity index is 2.17. The number of anilines is 1. The second-order valence-electron chi connectivity index (χ2n) is 5.17. The van der Waals surface area contributed by atoms with Crippen LogP contribution in [0.5, 0.6) is 11.6 Å². The second kappa shape index (κ2) is 6.97. The Morgan fingerprint density at radius 2 is 1.90 bits per heavy atom. The molecule has 0 radical (unpaired) electrons. The zero-order chi connectivity index (χ0) is 15.2. The Hall–Kier alpha value is -2.23. The molecule has 21 heavy (non-hydrogen) atoms. The number of pyridine rings is 1. The van der Waals surface area contributed by atoms with E-state index in [0.717, 1.165) is 17.0 Å². The van der Waals surface area contributed by atoms with Gasteiger partial charge in [0.25, 0.3) is 0 Å². The van der Waals surface area contributed by atoms with Crippen molar-refractivity contribution in [3.05, 3.63) is 48.2 Å². The number of ether oxygens (including phenoxy) is 2. The lowest BCUT2D eigenvalue weighted by Crippen LogP contribution is -2.12. The van der Waals surface area contributed by atoms with Crippen LogP contribution in [-0.2, 0) is 0 Å². The molecule has 0 aliphatic carbocycles. The largest absolute Gasteiger partial charge is 0.497 e. The van der Waals surface area contributed by atoms with E-state index in [1.807, 2.05) is 44.2 Å². The first-order valence-corrected chi connectivity index (χ1v) is 7.12. The third kappa shape index (κ3) is 4.12. The van der Waals surface area contributed by atoms with Gasteiger partial charge in [0.15, 0.2) is 0 Å². The second-order valence-corrected chi connectivity index (χ2v) is 5.17. The van der Waals surface area contributed by atoms with Crippen LogP contribution in [0.4, 0.5) is 5.69 Å². The molecule has 2 aromatic rings. The molecule has 0 bridgehead atoms. The Morgan fingerprint density at radius 1 is 1.10 bits per heavy atom. The van der Waals surface area contributed by atoms with Crippen LogP contribution in [0.1, 0.15) is 32.4 Å². The van der Waals surface area contributed by atoms with E-state index in [4.69, 9.17) is 9.47 Å². The number of aromatic nitrogens is 1. The number of benzene rings is 1. The summed E-state index contributed by atoms with van der Waals surface area (Å²) >= 11 is 0. The lowest BCUT2D eigenvalue weighted by molar-refractivity contribution is 0.234. The highest BCUT2D eigenvalue weighted by molar-refractivity contribution is 5.53. The standard InChI is InChI=1S/C17H22N2O2/c1-12(2)21-17-16(9-6-10-18-17)19-13(3)14-7-5-8-15(11-14)20-4/h5-13,19H,1-4H3. The van der Waals surface area contributed by atoms with Crippen molar-refractivity contribution in [3.8, 4) is 11.6 Å². The van der Waals surface area contributed by atoms with Gasteiger partial charge in [0, 0.05) is 12.2 Å². The van der Waals surface area contributed by atoms with Crippen LogP contribution in [0.2, 0.25) is 0 Å². The molecule has 1 aromatic carbocycles. The van der Waals surface area contributed by atoms with Gasteiger partial charge in [-0.25, -0.2) is 4.98 Å². The summed E-state index contributed by atoms with van der Waals surface area (Å²) in [5.41, 5.74) is 2.04. The first kappa shape index (κ1) is 15.2. The van der Waals surface area contributed by atoms with Gasteiger partial charge in [0.1, 0.15) is 5.75 Å². The zero-order valence-corrected chi connectivity index (χ0v) is 13.0. The van der Waals surface area contributed by atoms with Crippen LogP contribution in [0.3, 0.4) is 0 Å². The topological polar surface area (TPSA) is 43.4 Å². The number of nitrogens with one attached hydrogen (secondary N) is 1. The minimum atomic E-state index is 0.0903. The Labute approximate surface area is 126 Å². The summed E-state index contributed by atoms with van der Waals surface area (Å²) in [6.07, 6.45) is 1.83. The molecule has 0 aliphatic rings. The van der Waals surface area contributed by atoms with Gasteiger partial charge in [0.05, 0.1) is 18.9 Å². The van der Waals surface area contributed by atoms with Crippen LogP contribution < -0.4 is 14.8 Å². The Bertz CT molecular complexity index is 585. The van der Waals surface area contributed by atoms with Gasteiger partial charge >= 0.3 is 0 Å². The normalized spacial score (nSPS) is 12.0. The van der Waals surface area contributed by atoms with Gasteiger partial charge < -0.3 is 14.8 Å². The van der Waals surface area contributed by atoms with E-state index in [1.165, 1.54) is 0 Å². The maximum Gasteiger partial charge on any atom is 0.237 e. The fourth-order valence-electron chi connectivity index (χ4n) is 2.05. The third-order valence-corrected chi connectivity index (χ3v) is 3.08. The molecule has 0 saturated carbocycles. The van der Waals surface area contributed by atoms with Gasteiger partial charge in [-0.1, -0.05) is 12.1 Å². The van der Waals surface area contributed by atoms with Crippen LogP contribution in [0, 0.1) is 0 Å². The van der Waals surface area contributed by atoms with Gasteiger partial charge in [0.2, 0.25) is 5.88 Å². The molecule has 0 spiro atoms. The van der Waals surface area contributed by atoms with Crippen molar-refractivity contribution in [2.45, 2.75) is 32.9 Å². The minimum Gasteiger partial charge on any atom is -0.497 e. The zero-order valence-electron chi connectivity index (χ0n) is 13.0. The molecule has 0 aliphatic heterocycles. The number of rotatable bonds is 6. The van der Waals surface area contributed by atoms with E-state index in [-0.39, 0.29) is 12.1 Å². The fourth-order valence-corrected chi connectivity index (χ4v) is 2.05. The molecule has 112 valence electrons. The van der Waals surface area contributed by atoms with Gasteiger partial charge in [-0.15, -0.1) is 0 Å². The maximum atomic E-state index is 5.73. The highest BCUT2D eigenvalue weighted by Gasteiger charge is 2.11. The first-order valence-electron chi connectivity index (χ1n) is 7.12. The molecule has 4 heteroatoms. The quantitative estimate of drug-likeness (QED) is 0.870. The van der Waals surface area contributed by atoms with Gasteiger partial charge in [-0.2, -0.15) is 0 Å². The van der Waals surface area contributed by atoms with E-state index >= 15 is 0 Å². The van der Waals surface area contributed by atoms with E-state index in [0.29, 0.717) is 5.88 Å². The SMILES string of the molecule is COc1cccc(C(C)Nc2cccnc2OC(C)C)c1. The van der Waals surface area contributed by atoms with Crippen LogP contribution >= 0.6 is 0 Å². The molecule has 0 fully saturated rings. The summed E-state index contributed by atoms with van der Waals surface area (Å²) in [5.74, 6) is 1.48. The third-order valence-electron chi connectivity index (χ3n) is 3.08.